The monoisotopic (exact) mass is 263 g/mol. The molecule has 0 saturated carbocycles. The summed E-state index contributed by atoms with van der Waals surface area (Å²) in [7, 11) is 0. The highest BCUT2D eigenvalue weighted by Gasteiger charge is 2.29. The van der Waals surface area contributed by atoms with Gasteiger partial charge in [-0.05, 0) is 23.8 Å². The Kier molecular flexibility index (Phi) is 3.57. The molecule has 4 heteroatoms. The van der Waals surface area contributed by atoms with Crippen LogP contribution in [0.4, 0.5) is 0 Å². The van der Waals surface area contributed by atoms with Crippen LogP contribution in [0.2, 0.25) is 0 Å². The summed E-state index contributed by atoms with van der Waals surface area (Å²) in [5.41, 5.74) is 1.58. The summed E-state index contributed by atoms with van der Waals surface area (Å²) >= 11 is 1.75. The largest absolute Gasteiger partial charge is 0.285 e. The van der Waals surface area contributed by atoms with Gasteiger partial charge in [-0.25, -0.2) is 4.98 Å². The minimum absolute atomic E-state index is 0.148. The number of thiazole rings is 1. The van der Waals surface area contributed by atoms with Gasteiger partial charge in [-0.3, -0.25) is 5.10 Å². The summed E-state index contributed by atoms with van der Waals surface area (Å²) in [5.74, 6) is 0. The Morgan fingerprint density at radius 2 is 1.89 bits per heavy atom. The zero-order chi connectivity index (χ0) is 13.2. The minimum atomic E-state index is 0.148. The maximum absolute atomic E-state index is 4.45. The van der Waals surface area contributed by atoms with Crippen molar-refractivity contribution in [2.45, 2.75) is 51.4 Å². The second-order valence-electron chi connectivity index (χ2n) is 6.09. The minimum Gasteiger partial charge on any atom is -0.285 e. The van der Waals surface area contributed by atoms with Crippen LogP contribution in [0.1, 0.15) is 51.1 Å². The zero-order valence-corrected chi connectivity index (χ0v) is 12.3. The second kappa shape index (κ2) is 4.84. The van der Waals surface area contributed by atoms with Crippen LogP contribution >= 0.6 is 11.3 Å². The summed E-state index contributed by atoms with van der Waals surface area (Å²) in [6, 6.07) is 0. The molecular weight excluding hydrogens is 242 g/mol. The lowest BCUT2D eigenvalue weighted by molar-refractivity contribution is 0.374. The third-order valence-corrected chi connectivity index (χ3v) is 4.81. The molecule has 2 heterocycles. The fourth-order valence-corrected chi connectivity index (χ4v) is 2.85. The third kappa shape index (κ3) is 2.80. The van der Waals surface area contributed by atoms with Crippen LogP contribution in [0.25, 0.3) is 0 Å². The molecule has 98 valence electrons. The van der Waals surface area contributed by atoms with Crippen molar-refractivity contribution in [1.29, 1.82) is 0 Å². The Balaban J connectivity index is 2.03. The first-order chi connectivity index (χ1) is 8.42. The smallest absolute Gasteiger partial charge is 0.0981 e. The molecule has 2 aromatic heterocycles. The lowest BCUT2D eigenvalue weighted by Crippen LogP contribution is -2.24. The summed E-state index contributed by atoms with van der Waals surface area (Å²) in [6.07, 6.45) is 8.06. The van der Waals surface area contributed by atoms with Gasteiger partial charge in [0.05, 0.1) is 11.2 Å². The molecule has 18 heavy (non-hydrogen) atoms. The maximum Gasteiger partial charge on any atom is 0.0981 e. The summed E-state index contributed by atoms with van der Waals surface area (Å²) in [6.45, 7) is 9.10. The summed E-state index contributed by atoms with van der Waals surface area (Å²) in [5, 5.41) is 10.2. The van der Waals surface area contributed by atoms with E-state index in [0.29, 0.717) is 0 Å². The van der Waals surface area contributed by atoms with Crippen molar-refractivity contribution in [2.75, 3.05) is 0 Å². The van der Waals surface area contributed by atoms with Crippen LogP contribution in [-0.2, 0) is 10.8 Å². The van der Waals surface area contributed by atoms with E-state index >= 15 is 0 Å². The number of aromatic nitrogens is 3. The molecule has 0 aliphatic rings. The molecule has 0 spiro atoms. The van der Waals surface area contributed by atoms with E-state index in [4.69, 9.17) is 0 Å². The third-order valence-electron chi connectivity index (χ3n) is 3.67. The van der Waals surface area contributed by atoms with Crippen molar-refractivity contribution in [3.63, 3.8) is 0 Å². The van der Waals surface area contributed by atoms with E-state index in [1.807, 2.05) is 18.6 Å². The Hall–Kier alpha value is -1.16. The van der Waals surface area contributed by atoms with Crippen molar-refractivity contribution in [3.8, 4) is 0 Å². The van der Waals surface area contributed by atoms with E-state index in [0.717, 1.165) is 12.8 Å². The van der Waals surface area contributed by atoms with Crippen molar-refractivity contribution in [1.82, 2.24) is 15.2 Å². The molecule has 0 fully saturated rings. The number of nitrogens with zero attached hydrogens (tertiary/aromatic N) is 2. The Labute approximate surface area is 113 Å². The molecule has 0 atom stereocenters. The van der Waals surface area contributed by atoms with Gasteiger partial charge in [0.2, 0.25) is 0 Å². The van der Waals surface area contributed by atoms with Gasteiger partial charge in [-0.15, -0.1) is 11.3 Å². The number of hydrogen-bond donors (Lipinski definition) is 1. The van der Waals surface area contributed by atoms with Crippen molar-refractivity contribution < 1.29 is 0 Å². The zero-order valence-electron chi connectivity index (χ0n) is 11.5. The predicted octanol–water partition coefficient (Wildman–Crippen LogP) is 3.90. The fourth-order valence-electron chi connectivity index (χ4n) is 2.05. The Morgan fingerprint density at radius 3 is 2.44 bits per heavy atom. The van der Waals surface area contributed by atoms with E-state index in [1.54, 1.807) is 11.3 Å². The average Bonchev–Trinajstić information content (AvgIpc) is 2.99. The predicted molar refractivity (Wildman–Crippen MR) is 76.0 cm³/mol. The molecular formula is C14H21N3S. The molecule has 3 nitrogen and oxygen atoms in total. The van der Waals surface area contributed by atoms with Crippen LogP contribution in [0.3, 0.4) is 0 Å². The van der Waals surface area contributed by atoms with E-state index in [1.165, 1.54) is 10.6 Å². The maximum atomic E-state index is 4.45. The number of rotatable bonds is 5. The SMILES string of the molecule is CC(C)(CCC(C)(C)c1nccs1)c1cn[nH]c1. The van der Waals surface area contributed by atoms with E-state index in [9.17, 15) is 0 Å². The van der Waals surface area contributed by atoms with E-state index < -0.39 is 0 Å². The van der Waals surface area contributed by atoms with Gasteiger partial charge in [0.25, 0.3) is 0 Å². The molecule has 0 aromatic carbocycles. The van der Waals surface area contributed by atoms with Gasteiger partial charge in [-0.2, -0.15) is 5.10 Å². The van der Waals surface area contributed by atoms with Crippen LogP contribution in [0.15, 0.2) is 24.0 Å². The first kappa shape index (κ1) is 13.3. The van der Waals surface area contributed by atoms with Gasteiger partial charge in [0.15, 0.2) is 0 Å². The first-order valence-corrected chi connectivity index (χ1v) is 7.19. The molecule has 0 saturated heterocycles. The molecule has 0 radical (unpaired) electrons. The van der Waals surface area contributed by atoms with Gasteiger partial charge in [0.1, 0.15) is 0 Å². The van der Waals surface area contributed by atoms with Crippen molar-refractivity contribution >= 4 is 11.3 Å². The van der Waals surface area contributed by atoms with Crippen LogP contribution < -0.4 is 0 Å². The summed E-state index contributed by atoms with van der Waals surface area (Å²) < 4.78 is 0. The van der Waals surface area contributed by atoms with Crippen LogP contribution in [0.5, 0.6) is 0 Å². The number of hydrogen-bond acceptors (Lipinski definition) is 3. The molecule has 0 aliphatic heterocycles. The Morgan fingerprint density at radius 1 is 1.17 bits per heavy atom. The second-order valence-corrected chi connectivity index (χ2v) is 6.99. The van der Waals surface area contributed by atoms with Crippen molar-refractivity contribution in [3.05, 3.63) is 34.5 Å². The van der Waals surface area contributed by atoms with Crippen LogP contribution in [-0.4, -0.2) is 15.2 Å². The molecule has 0 bridgehead atoms. The Bertz CT molecular complexity index is 423. The van der Waals surface area contributed by atoms with Crippen molar-refractivity contribution in [2.24, 2.45) is 0 Å². The molecule has 0 unspecified atom stereocenters. The molecule has 0 amide bonds. The molecule has 1 N–H and O–H groups in total. The van der Waals surface area contributed by atoms with E-state index in [-0.39, 0.29) is 10.8 Å². The topological polar surface area (TPSA) is 41.6 Å². The highest BCUT2D eigenvalue weighted by molar-refractivity contribution is 7.09. The number of nitrogens with one attached hydrogen (secondary N) is 1. The first-order valence-electron chi connectivity index (χ1n) is 6.31. The standard InChI is InChI=1S/C14H21N3S/c1-13(2,11-9-16-17-10-11)5-6-14(3,4)12-15-7-8-18-12/h7-10H,5-6H2,1-4H3,(H,16,17). The van der Waals surface area contributed by atoms with E-state index in [2.05, 4.69) is 48.3 Å². The average molecular weight is 263 g/mol. The molecule has 2 rings (SSSR count). The van der Waals surface area contributed by atoms with Crippen LogP contribution in [0, 0.1) is 0 Å². The van der Waals surface area contributed by atoms with Gasteiger partial charge in [-0.1, -0.05) is 27.7 Å². The van der Waals surface area contributed by atoms with Gasteiger partial charge < -0.3 is 0 Å². The molecule has 2 aromatic rings. The number of aromatic amines is 1. The summed E-state index contributed by atoms with van der Waals surface area (Å²) in [4.78, 5) is 4.45. The number of H-pyrrole nitrogens is 1. The lowest BCUT2D eigenvalue weighted by atomic mass is 9.76. The normalized spacial score (nSPS) is 12.9. The molecule has 0 aliphatic carbocycles. The fraction of sp³-hybridized carbons (Fsp3) is 0.571. The van der Waals surface area contributed by atoms with Gasteiger partial charge in [0, 0.05) is 23.2 Å². The highest BCUT2D eigenvalue weighted by atomic mass is 32.1. The highest BCUT2D eigenvalue weighted by Crippen LogP contribution is 2.36. The lowest BCUT2D eigenvalue weighted by Gasteiger charge is -2.29. The van der Waals surface area contributed by atoms with Gasteiger partial charge >= 0.3 is 0 Å². The quantitative estimate of drug-likeness (QED) is 0.888.